The Morgan fingerprint density at radius 3 is 2.48 bits per heavy atom. The molecule has 1 unspecified atom stereocenters. The molecule has 29 heavy (non-hydrogen) atoms. The van der Waals surface area contributed by atoms with Crippen molar-refractivity contribution in [2.75, 3.05) is 20.3 Å². The standard InChI is InChI=1S/C25H34N2OS/c1-3-27(18-26-20-7-5-4-6-8-20)25-16-9-19-17-23(14-15-24(19)25)29-22-12-10-21(28-2)11-13-22/h10-15,17,20,25-26H,3-9,16,18H2,1-2H3. The molecule has 0 aromatic heterocycles. The molecule has 2 aliphatic carbocycles. The lowest BCUT2D eigenvalue weighted by Crippen LogP contribution is -2.42. The Labute approximate surface area is 180 Å². The minimum Gasteiger partial charge on any atom is -0.497 e. The highest BCUT2D eigenvalue weighted by atomic mass is 32.2. The van der Waals surface area contributed by atoms with Gasteiger partial charge in [-0.1, -0.05) is 44.0 Å². The first-order valence-electron chi connectivity index (χ1n) is 11.2. The highest BCUT2D eigenvalue weighted by molar-refractivity contribution is 7.99. The van der Waals surface area contributed by atoms with Crippen LogP contribution in [0, 0.1) is 0 Å². The SMILES string of the molecule is CCN(CNC1CCCCC1)C1CCc2cc(Sc3ccc(OC)cc3)ccc21. The molecule has 2 aliphatic rings. The van der Waals surface area contributed by atoms with Gasteiger partial charge in [-0.05, 0) is 79.8 Å². The van der Waals surface area contributed by atoms with Crippen molar-refractivity contribution in [1.29, 1.82) is 0 Å². The summed E-state index contributed by atoms with van der Waals surface area (Å²) in [7, 11) is 1.71. The summed E-state index contributed by atoms with van der Waals surface area (Å²) in [4.78, 5) is 5.22. The molecule has 0 radical (unpaired) electrons. The third-order valence-electron chi connectivity index (χ3n) is 6.49. The van der Waals surface area contributed by atoms with Crippen molar-refractivity contribution in [2.45, 2.75) is 73.7 Å². The molecule has 1 atom stereocenters. The highest BCUT2D eigenvalue weighted by Crippen LogP contribution is 2.39. The molecule has 4 rings (SSSR count). The Kier molecular flexibility index (Phi) is 7.17. The first-order valence-corrected chi connectivity index (χ1v) is 12.0. The lowest BCUT2D eigenvalue weighted by atomic mass is 9.96. The predicted molar refractivity (Wildman–Crippen MR) is 122 cm³/mol. The van der Waals surface area contributed by atoms with Crippen LogP contribution in [0.3, 0.4) is 0 Å². The molecule has 0 heterocycles. The van der Waals surface area contributed by atoms with E-state index in [4.69, 9.17) is 4.74 Å². The molecule has 2 aromatic carbocycles. The summed E-state index contributed by atoms with van der Waals surface area (Å²) in [5, 5.41) is 3.85. The number of hydrogen-bond donors (Lipinski definition) is 1. The van der Waals surface area contributed by atoms with Gasteiger partial charge in [-0.25, -0.2) is 0 Å². The van der Waals surface area contributed by atoms with Crippen molar-refractivity contribution in [3.05, 3.63) is 53.6 Å². The highest BCUT2D eigenvalue weighted by Gasteiger charge is 2.27. The molecule has 0 bridgehead atoms. The number of nitrogens with zero attached hydrogens (tertiary/aromatic N) is 1. The van der Waals surface area contributed by atoms with Crippen LogP contribution in [0.2, 0.25) is 0 Å². The third kappa shape index (κ3) is 5.17. The van der Waals surface area contributed by atoms with Gasteiger partial charge in [-0.2, -0.15) is 0 Å². The molecule has 0 amide bonds. The molecule has 0 aliphatic heterocycles. The van der Waals surface area contributed by atoms with Crippen molar-refractivity contribution in [3.63, 3.8) is 0 Å². The summed E-state index contributed by atoms with van der Waals surface area (Å²) >= 11 is 1.84. The van der Waals surface area contributed by atoms with Crippen LogP contribution in [0.5, 0.6) is 5.75 Å². The van der Waals surface area contributed by atoms with Crippen LogP contribution in [-0.2, 0) is 6.42 Å². The van der Waals surface area contributed by atoms with Crippen molar-refractivity contribution >= 4 is 11.8 Å². The summed E-state index contributed by atoms with van der Waals surface area (Å²) in [6.45, 7) is 4.42. The Bertz CT molecular complexity index is 786. The number of hydrogen-bond acceptors (Lipinski definition) is 4. The van der Waals surface area contributed by atoms with Gasteiger partial charge in [-0.15, -0.1) is 0 Å². The van der Waals surface area contributed by atoms with Gasteiger partial charge in [0.1, 0.15) is 5.75 Å². The molecule has 156 valence electrons. The molecular formula is C25H34N2OS. The Morgan fingerprint density at radius 1 is 1.00 bits per heavy atom. The number of fused-ring (bicyclic) bond motifs is 1. The fourth-order valence-corrected chi connectivity index (χ4v) is 5.67. The second kappa shape index (κ2) is 10.0. The van der Waals surface area contributed by atoms with Crippen molar-refractivity contribution < 1.29 is 4.74 Å². The molecule has 0 spiro atoms. The number of rotatable bonds is 8. The van der Waals surface area contributed by atoms with Crippen molar-refractivity contribution in [2.24, 2.45) is 0 Å². The summed E-state index contributed by atoms with van der Waals surface area (Å²) in [6, 6.07) is 16.7. The first-order chi connectivity index (χ1) is 14.3. The number of benzene rings is 2. The second-order valence-electron chi connectivity index (χ2n) is 8.29. The zero-order valence-electron chi connectivity index (χ0n) is 17.8. The van der Waals surface area contributed by atoms with Crippen molar-refractivity contribution in [1.82, 2.24) is 10.2 Å². The van der Waals surface area contributed by atoms with E-state index < -0.39 is 0 Å². The van der Waals surface area contributed by atoms with Crippen LogP contribution in [0.15, 0.2) is 52.3 Å². The topological polar surface area (TPSA) is 24.5 Å². The van der Waals surface area contributed by atoms with E-state index in [-0.39, 0.29) is 0 Å². The van der Waals surface area contributed by atoms with Gasteiger partial charge in [0.2, 0.25) is 0 Å². The van der Waals surface area contributed by atoms with E-state index in [0.717, 1.165) is 25.0 Å². The van der Waals surface area contributed by atoms with Crippen LogP contribution in [0.25, 0.3) is 0 Å². The van der Waals surface area contributed by atoms with Gasteiger partial charge in [0.05, 0.1) is 7.11 Å². The van der Waals surface area contributed by atoms with Gasteiger partial charge in [0, 0.05) is 28.5 Å². The summed E-state index contributed by atoms with van der Waals surface area (Å²) in [5.74, 6) is 0.910. The van der Waals surface area contributed by atoms with Gasteiger partial charge in [-0.3, -0.25) is 4.90 Å². The largest absolute Gasteiger partial charge is 0.497 e. The number of nitrogens with one attached hydrogen (secondary N) is 1. The van der Waals surface area contributed by atoms with Crippen LogP contribution < -0.4 is 10.1 Å². The maximum Gasteiger partial charge on any atom is 0.118 e. The minimum atomic E-state index is 0.561. The quantitative estimate of drug-likeness (QED) is 0.537. The Morgan fingerprint density at radius 2 is 1.76 bits per heavy atom. The van der Waals surface area contributed by atoms with Crippen LogP contribution in [0.4, 0.5) is 0 Å². The van der Waals surface area contributed by atoms with E-state index in [1.165, 1.54) is 65.9 Å². The summed E-state index contributed by atoms with van der Waals surface area (Å²) < 4.78 is 5.26. The molecule has 2 aromatic rings. The van der Waals surface area contributed by atoms with Gasteiger partial charge in [0.15, 0.2) is 0 Å². The van der Waals surface area contributed by atoms with Crippen molar-refractivity contribution in [3.8, 4) is 5.75 Å². The molecular weight excluding hydrogens is 376 g/mol. The van der Waals surface area contributed by atoms with Crippen LogP contribution in [0.1, 0.15) is 62.6 Å². The van der Waals surface area contributed by atoms with E-state index in [2.05, 4.69) is 47.5 Å². The summed E-state index contributed by atoms with van der Waals surface area (Å²) in [5.41, 5.74) is 3.07. The Hall–Kier alpha value is -1.49. The number of ether oxygens (including phenoxy) is 1. The maximum atomic E-state index is 5.26. The molecule has 1 fully saturated rings. The van der Waals surface area contributed by atoms with Gasteiger partial charge >= 0.3 is 0 Å². The number of aryl methyl sites for hydroxylation is 1. The predicted octanol–water partition coefficient (Wildman–Crippen LogP) is 6.04. The zero-order valence-corrected chi connectivity index (χ0v) is 18.6. The smallest absolute Gasteiger partial charge is 0.118 e. The molecule has 3 nitrogen and oxygen atoms in total. The van der Waals surface area contributed by atoms with E-state index in [1.807, 2.05) is 23.9 Å². The number of methoxy groups -OCH3 is 1. The summed E-state index contributed by atoms with van der Waals surface area (Å²) in [6.07, 6.45) is 9.34. The van der Waals surface area contributed by atoms with Crippen LogP contribution >= 0.6 is 11.8 Å². The van der Waals surface area contributed by atoms with E-state index in [1.54, 1.807) is 7.11 Å². The normalized spacial score (nSPS) is 19.5. The second-order valence-corrected chi connectivity index (χ2v) is 9.44. The average molecular weight is 411 g/mol. The monoisotopic (exact) mass is 410 g/mol. The first kappa shape index (κ1) is 20.8. The molecule has 4 heteroatoms. The van der Waals surface area contributed by atoms with E-state index in [0.29, 0.717) is 6.04 Å². The van der Waals surface area contributed by atoms with E-state index in [9.17, 15) is 0 Å². The van der Waals surface area contributed by atoms with Gasteiger partial charge < -0.3 is 10.1 Å². The third-order valence-corrected chi connectivity index (χ3v) is 7.49. The minimum absolute atomic E-state index is 0.561. The molecule has 1 N–H and O–H groups in total. The fraction of sp³-hybridized carbons (Fsp3) is 0.520. The molecule has 1 saturated carbocycles. The lowest BCUT2D eigenvalue weighted by Gasteiger charge is -2.32. The lowest BCUT2D eigenvalue weighted by molar-refractivity contribution is 0.174. The fourth-order valence-electron chi connectivity index (χ4n) is 4.79. The Balaban J connectivity index is 1.39. The van der Waals surface area contributed by atoms with Crippen LogP contribution in [-0.4, -0.2) is 31.3 Å². The zero-order chi connectivity index (χ0) is 20.1. The van der Waals surface area contributed by atoms with Gasteiger partial charge in [0.25, 0.3) is 0 Å². The average Bonchev–Trinajstić information content (AvgIpc) is 3.19. The molecule has 0 saturated heterocycles. The maximum absolute atomic E-state index is 5.26. The van der Waals surface area contributed by atoms with E-state index >= 15 is 0 Å².